The average Bonchev–Trinajstić information content (AvgIpc) is 1.58. The molecule has 0 spiro atoms. The summed E-state index contributed by atoms with van der Waals surface area (Å²) in [6.45, 7) is 0. The Bertz CT molecular complexity index is 6200. The molecule has 20 rings (SSSR count). The van der Waals surface area contributed by atoms with Crippen molar-refractivity contribution in [3.63, 3.8) is 0 Å². The maximum atomic E-state index is 5.39. The minimum Gasteiger partial charge on any atom is -0.278 e. The zero-order chi connectivity index (χ0) is 59.4. The molecule has 3 heterocycles. The van der Waals surface area contributed by atoms with E-state index in [1.54, 1.807) is 0 Å². The zero-order valence-corrected chi connectivity index (χ0v) is 48.9. The van der Waals surface area contributed by atoms with Gasteiger partial charge in [-0.3, -0.25) is 4.57 Å². The van der Waals surface area contributed by atoms with Gasteiger partial charge in [-0.05, 0) is 185 Å². The maximum Gasteiger partial charge on any atom is 0.238 e. The lowest BCUT2D eigenvalue weighted by Gasteiger charge is -2.15. The van der Waals surface area contributed by atoms with Crippen LogP contribution in [0.4, 0.5) is 0 Å². The number of aromatic nitrogens is 6. The van der Waals surface area contributed by atoms with Gasteiger partial charge in [0.15, 0.2) is 17.5 Å². The third-order valence-corrected chi connectivity index (χ3v) is 19.4. The molecule has 0 bridgehead atoms. The van der Waals surface area contributed by atoms with Crippen molar-refractivity contribution in [1.82, 2.24) is 29.5 Å². The second kappa shape index (κ2) is 19.1. The van der Waals surface area contributed by atoms with Crippen LogP contribution in [-0.4, -0.2) is 29.5 Å². The molecule has 0 aliphatic heterocycles. The minimum absolute atomic E-state index is 0.547. The van der Waals surface area contributed by atoms with Crippen molar-refractivity contribution < 1.29 is 0 Å². The quantitative estimate of drug-likeness (QED) is 0.117. The smallest absolute Gasteiger partial charge is 0.238 e. The molecule has 0 radical (unpaired) electrons. The van der Waals surface area contributed by atoms with Crippen LogP contribution in [0.15, 0.2) is 291 Å². The van der Waals surface area contributed by atoms with Crippen LogP contribution in [0.2, 0.25) is 0 Å². The van der Waals surface area contributed by atoms with Gasteiger partial charge >= 0.3 is 0 Å². The Morgan fingerprint density at radius 1 is 0.220 bits per heavy atom. The van der Waals surface area contributed by atoms with Gasteiger partial charge in [0.25, 0.3) is 0 Å². The predicted molar refractivity (Wildman–Crippen MR) is 376 cm³/mol. The van der Waals surface area contributed by atoms with Gasteiger partial charge in [0.2, 0.25) is 5.95 Å². The Morgan fingerprint density at radius 2 is 0.813 bits per heavy atom. The van der Waals surface area contributed by atoms with Gasteiger partial charge in [-0.1, -0.05) is 231 Å². The van der Waals surface area contributed by atoms with Crippen molar-refractivity contribution >= 4 is 86.4 Å². The van der Waals surface area contributed by atoms with Gasteiger partial charge < -0.3 is 0 Å². The fourth-order valence-electron chi connectivity index (χ4n) is 15.3. The van der Waals surface area contributed by atoms with Gasteiger partial charge in [0.05, 0.1) is 11.0 Å². The van der Waals surface area contributed by atoms with Crippen LogP contribution in [-0.2, 0) is 0 Å². The van der Waals surface area contributed by atoms with E-state index >= 15 is 0 Å². The number of hydrogen-bond donors (Lipinski definition) is 0. The van der Waals surface area contributed by atoms with E-state index in [2.05, 4.69) is 265 Å². The average molecular weight is 1150 g/mol. The molecule has 0 unspecified atom stereocenters. The van der Waals surface area contributed by atoms with Gasteiger partial charge in [0, 0.05) is 45.4 Å². The Hall–Kier alpha value is -12.3. The summed E-state index contributed by atoms with van der Waals surface area (Å²) in [6.07, 6.45) is 3.89. The minimum atomic E-state index is 0.547. The molecule has 0 N–H and O–H groups in total. The molecule has 6 heteroatoms. The normalized spacial score (nSPS) is 12.2. The molecule has 18 aromatic rings. The number of para-hydroxylation sites is 1. The molecule has 3 aromatic heterocycles. The van der Waals surface area contributed by atoms with Crippen LogP contribution in [0.25, 0.3) is 204 Å². The Balaban J connectivity index is 0.640. The number of rotatable bonds is 7. The highest BCUT2D eigenvalue weighted by atomic mass is 15.2. The fraction of sp³-hybridized carbons (Fsp3) is 0. The molecule has 2 aliphatic rings. The Labute approximate surface area is 522 Å². The van der Waals surface area contributed by atoms with Gasteiger partial charge in [-0.15, -0.1) is 0 Å². The summed E-state index contributed by atoms with van der Waals surface area (Å²) in [5.41, 5.74) is 21.7. The molecule has 0 saturated heterocycles. The van der Waals surface area contributed by atoms with E-state index in [0.717, 1.165) is 55.0 Å². The summed E-state index contributed by atoms with van der Waals surface area (Å²) in [5.74, 6) is 2.43. The molecule has 0 atom stereocenters. The SMILES string of the molecule is c1ccc(-c2nc(-c3ccc4c(c3)-c3c5ccccc5cc5cccc-4c35)nc(-n3c4ccccc4c4cc(-c5cnc(-c6ccc7c(-c8cccc(-c9ccc%10c%11c(cc%12ccccc%12c9%11)-c9ccc%11ccccc%11c9-%10)c8)cccc7c6)nc5)ccc43)n2)cc1. The van der Waals surface area contributed by atoms with Gasteiger partial charge in [-0.25, -0.2) is 15.0 Å². The first-order valence-corrected chi connectivity index (χ1v) is 31.0. The van der Waals surface area contributed by atoms with Crippen LogP contribution >= 0.6 is 0 Å². The standard InChI is InChI=1S/C85H48N6/c1-2-16-50(17-3-1)83-88-84(59-33-36-67-69-29-14-23-57-42-54-18-5-8-25-64(54)80(77(57)69)73(67)46-59)90-85(89-83)91-75-30-11-10-27-68(75)72-44-51(34-40-76(72)91)60-47-86-82(87-48-60)58-32-35-62-53(43-58)22-13-28-61(62)52-20-12-21-55(41-52)66-38-39-71-78-63-24-7-4-15-49(63)31-37-70(78)74-45-56-19-6-9-26-65(56)79(66)81(71)74/h1-48H. The molecule has 0 amide bonds. The molecule has 418 valence electrons. The van der Waals surface area contributed by atoms with E-state index < -0.39 is 0 Å². The summed E-state index contributed by atoms with van der Waals surface area (Å²) in [6, 6.07) is 101. The third-order valence-electron chi connectivity index (χ3n) is 19.4. The lowest BCUT2D eigenvalue weighted by atomic mass is 9.88. The number of nitrogens with zero attached hydrogens (tertiary/aromatic N) is 6. The Morgan fingerprint density at radius 3 is 1.66 bits per heavy atom. The second-order valence-corrected chi connectivity index (χ2v) is 24.3. The number of benzene rings is 15. The zero-order valence-electron chi connectivity index (χ0n) is 48.9. The second-order valence-electron chi connectivity index (χ2n) is 24.3. The van der Waals surface area contributed by atoms with Gasteiger partial charge in [-0.2, -0.15) is 9.97 Å². The summed E-state index contributed by atoms with van der Waals surface area (Å²) in [7, 11) is 0. The highest BCUT2D eigenvalue weighted by Crippen LogP contribution is 2.55. The van der Waals surface area contributed by atoms with E-state index in [1.807, 2.05) is 30.6 Å². The van der Waals surface area contributed by atoms with Crippen molar-refractivity contribution in [2.24, 2.45) is 0 Å². The van der Waals surface area contributed by atoms with Crippen LogP contribution in [0.1, 0.15) is 0 Å². The monoisotopic (exact) mass is 1150 g/mol. The fourth-order valence-corrected chi connectivity index (χ4v) is 15.3. The topological polar surface area (TPSA) is 69.4 Å². The lowest BCUT2D eigenvalue weighted by molar-refractivity contribution is 0.953. The molecule has 6 nitrogen and oxygen atoms in total. The van der Waals surface area contributed by atoms with E-state index in [9.17, 15) is 0 Å². The van der Waals surface area contributed by atoms with E-state index in [0.29, 0.717) is 23.4 Å². The highest BCUT2D eigenvalue weighted by Gasteiger charge is 2.29. The summed E-state index contributed by atoms with van der Waals surface area (Å²) in [5, 5.41) is 17.2. The first-order chi connectivity index (χ1) is 45.1. The molecular formula is C85H48N6. The molecule has 2 aliphatic carbocycles. The van der Waals surface area contributed by atoms with Crippen LogP contribution in [0, 0.1) is 0 Å². The van der Waals surface area contributed by atoms with Crippen molar-refractivity contribution in [3.05, 3.63) is 291 Å². The van der Waals surface area contributed by atoms with E-state index in [4.69, 9.17) is 24.9 Å². The predicted octanol–water partition coefficient (Wildman–Crippen LogP) is 22.0. The van der Waals surface area contributed by atoms with Gasteiger partial charge in [0.1, 0.15) is 0 Å². The van der Waals surface area contributed by atoms with E-state index in [1.165, 1.54) is 126 Å². The molecular weight excluding hydrogens is 1100 g/mol. The molecule has 0 fully saturated rings. The Kier molecular flexibility index (Phi) is 10.5. The van der Waals surface area contributed by atoms with Crippen molar-refractivity contribution in [2.75, 3.05) is 0 Å². The lowest BCUT2D eigenvalue weighted by Crippen LogP contribution is -2.06. The molecule has 0 saturated carbocycles. The van der Waals surface area contributed by atoms with Crippen molar-refractivity contribution in [2.45, 2.75) is 0 Å². The number of fused-ring (bicyclic) bond motifs is 16. The molecule has 15 aromatic carbocycles. The van der Waals surface area contributed by atoms with Crippen LogP contribution < -0.4 is 0 Å². The van der Waals surface area contributed by atoms with Crippen LogP contribution in [0.5, 0.6) is 0 Å². The summed E-state index contributed by atoms with van der Waals surface area (Å²) in [4.78, 5) is 26.0. The third kappa shape index (κ3) is 7.45. The highest BCUT2D eigenvalue weighted by molar-refractivity contribution is 6.30. The first-order valence-electron chi connectivity index (χ1n) is 31.0. The number of hydrogen-bond acceptors (Lipinski definition) is 5. The summed E-state index contributed by atoms with van der Waals surface area (Å²) >= 11 is 0. The van der Waals surface area contributed by atoms with Crippen molar-refractivity contribution in [3.8, 4) is 118 Å². The largest absolute Gasteiger partial charge is 0.278 e. The van der Waals surface area contributed by atoms with E-state index in [-0.39, 0.29) is 0 Å². The first kappa shape index (κ1) is 49.8. The molecule has 91 heavy (non-hydrogen) atoms. The summed E-state index contributed by atoms with van der Waals surface area (Å²) < 4.78 is 2.18. The maximum absolute atomic E-state index is 5.39. The van der Waals surface area contributed by atoms with Crippen LogP contribution in [0.3, 0.4) is 0 Å². The van der Waals surface area contributed by atoms with Crippen molar-refractivity contribution in [1.29, 1.82) is 0 Å².